The van der Waals surface area contributed by atoms with E-state index >= 15 is 0 Å². The number of aliphatic imine (C=N–C) groups is 1. The summed E-state index contributed by atoms with van der Waals surface area (Å²) in [7, 11) is 0. The van der Waals surface area contributed by atoms with E-state index in [1.807, 2.05) is 57.2 Å². The maximum atomic E-state index is 5.97. The van der Waals surface area contributed by atoms with Gasteiger partial charge in [0.2, 0.25) is 0 Å². The van der Waals surface area contributed by atoms with Gasteiger partial charge in [-0.3, -0.25) is 0 Å². The molecule has 0 aliphatic heterocycles. The van der Waals surface area contributed by atoms with Crippen LogP contribution in [-0.2, 0) is 0 Å². The van der Waals surface area contributed by atoms with Crippen molar-refractivity contribution in [1.82, 2.24) is 0 Å². The predicted octanol–water partition coefficient (Wildman–Crippen LogP) is 4.02. The molecular formula is C16H18N2O. The molecule has 0 amide bonds. The third-order valence-corrected chi connectivity index (χ3v) is 3.02. The maximum Gasteiger partial charge on any atom is 0.130 e. The summed E-state index contributed by atoms with van der Waals surface area (Å²) in [5.41, 5.74) is 9.40. The molecule has 0 aliphatic carbocycles. The van der Waals surface area contributed by atoms with E-state index in [1.54, 1.807) is 0 Å². The second kappa shape index (κ2) is 5.57. The minimum atomic E-state index is 0.850. The quantitative estimate of drug-likeness (QED) is 0.664. The van der Waals surface area contributed by atoms with Crippen LogP contribution in [-0.4, -0.2) is 6.34 Å². The van der Waals surface area contributed by atoms with Gasteiger partial charge < -0.3 is 10.5 Å². The average Bonchev–Trinajstić information content (AvgIpc) is 2.38. The minimum Gasteiger partial charge on any atom is -0.457 e. The van der Waals surface area contributed by atoms with E-state index < -0.39 is 0 Å². The third kappa shape index (κ3) is 2.94. The van der Waals surface area contributed by atoms with Gasteiger partial charge in [0.05, 0.1) is 12.0 Å². The summed E-state index contributed by atoms with van der Waals surface area (Å²) in [6.07, 6.45) is 1.31. The molecule has 0 unspecified atom stereocenters. The first-order chi connectivity index (χ1) is 9.11. The zero-order valence-electron chi connectivity index (χ0n) is 11.5. The van der Waals surface area contributed by atoms with E-state index in [2.05, 4.69) is 4.99 Å². The normalized spacial score (nSPS) is 10.9. The molecule has 2 aromatic rings. The summed E-state index contributed by atoms with van der Waals surface area (Å²) >= 11 is 0. The SMILES string of the molecule is Cc1cc(Oc2ccccc2C)c(C)cc1N=CN. The lowest BCUT2D eigenvalue weighted by atomic mass is 10.1. The Morgan fingerprint density at radius 2 is 1.68 bits per heavy atom. The van der Waals surface area contributed by atoms with Gasteiger partial charge in [0.15, 0.2) is 0 Å². The van der Waals surface area contributed by atoms with Crippen LogP contribution in [0.2, 0.25) is 0 Å². The smallest absolute Gasteiger partial charge is 0.130 e. The summed E-state index contributed by atoms with van der Waals surface area (Å²) in [6, 6.07) is 11.9. The lowest BCUT2D eigenvalue weighted by Gasteiger charge is -2.12. The summed E-state index contributed by atoms with van der Waals surface area (Å²) in [4.78, 5) is 4.13. The van der Waals surface area contributed by atoms with E-state index in [0.29, 0.717) is 0 Å². The van der Waals surface area contributed by atoms with Gasteiger partial charge in [-0.1, -0.05) is 18.2 Å². The van der Waals surface area contributed by atoms with Gasteiger partial charge in [-0.15, -0.1) is 0 Å². The molecule has 98 valence electrons. The molecule has 2 N–H and O–H groups in total. The highest BCUT2D eigenvalue weighted by atomic mass is 16.5. The van der Waals surface area contributed by atoms with Gasteiger partial charge in [0.25, 0.3) is 0 Å². The Bertz CT molecular complexity index is 618. The second-order valence-corrected chi connectivity index (χ2v) is 4.55. The number of nitrogens with zero attached hydrogens (tertiary/aromatic N) is 1. The molecule has 0 saturated carbocycles. The average molecular weight is 254 g/mol. The monoisotopic (exact) mass is 254 g/mol. The number of para-hydroxylation sites is 1. The first kappa shape index (κ1) is 13.1. The van der Waals surface area contributed by atoms with Crippen LogP contribution < -0.4 is 10.5 Å². The van der Waals surface area contributed by atoms with Crippen molar-refractivity contribution in [3.8, 4) is 11.5 Å². The fourth-order valence-electron chi connectivity index (χ4n) is 1.89. The molecule has 0 aliphatic rings. The molecule has 0 bridgehead atoms. The minimum absolute atomic E-state index is 0.850. The lowest BCUT2D eigenvalue weighted by molar-refractivity contribution is 0.475. The van der Waals surface area contributed by atoms with Crippen molar-refractivity contribution < 1.29 is 4.74 Å². The fraction of sp³-hybridized carbons (Fsp3) is 0.188. The molecule has 0 fully saturated rings. The highest BCUT2D eigenvalue weighted by Gasteiger charge is 2.07. The van der Waals surface area contributed by atoms with Gasteiger partial charge in [-0.2, -0.15) is 0 Å². The van der Waals surface area contributed by atoms with Gasteiger partial charge >= 0.3 is 0 Å². The number of hydrogen-bond acceptors (Lipinski definition) is 2. The standard InChI is InChI=1S/C16H18N2O/c1-11-6-4-5-7-15(11)19-16-9-12(2)14(18-10-17)8-13(16)3/h4-10H,1-3H3,(H2,17,18). The van der Waals surface area contributed by atoms with Crippen molar-refractivity contribution in [1.29, 1.82) is 0 Å². The van der Waals surface area contributed by atoms with Crippen molar-refractivity contribution in [2.24, 2.45) is 10.7 Å². The van der Waals surface area contributed by atoms with Crippen LogP contribution in [0.15, 0.2) is 41.4 Å². The summed E-state index contributed by atoms with van der Waals surface area (Å²) in [6.45, 7) is 6.03. The summed E-state index contributed by atoms with van der Waals surface area (Å²) < 4.78 is 5.97. The van der Waals surface area contributed by atoms with Gasteiger partial charge in [-0.05, 0) is 55.7 Å². The Balaban J connectivity index is 2.37. The molecule has 3 nitrogen and oxygen atoms in total. The Hall–Kier alpha value is -2.29. The van der Waals surface area contributed by atoms with Gasteiger partial charge in [0.1, 0.15) is 11.5 Å². The van der Waals surface area contributed by atoms with Crippen molar-refractivity contribution >= 4 is 12.0 Å². The molecule has 2 aromatic carbocycles. The van der Waals surface area contributed by atoms with E-state index in [1.165, 1.54) is 6.34 Å². The Morgan fingerprint density at radius 1 is 0.947 bits per heavy atom. The number of aryl methyl sites for hydroxylation is 3. The van der Waals surface area contributed by atoms with Crippen molar-refractivity contribution in [2.75, 3.05) is 0 Å². The van der Waals surface area contributed by atoms with Crippen LogP contribution in [0.3, 0.4) is 0 Å². The highest BCUT2D eigenvalue weighted by Crippen LogP contribution is 2.32. The van der Waals surface area contributed by atoms with E-state index in [9.17, 15) is 0 Å². The van der Waals surface area contributed by atoms with Crippen molar-refractivity contribution in [2.45, 2.75) is 20.8 Å². The molecule has 0 spiro atoms. The zero-order chi connectivity index (χ0) is 13.8. The van der Waals surface area contributed by atoms with E-state index in [4.69, 9.17) is 10.5 Å². The van der Waals surface area contributed by atoms with Crippen molar-refractivity contribution in [3.05, 3.63) is 53.1 Å². The van der Waals surface area contributed by atoms with Gasteiger partial charge in [-0.25, -0.2) is 4.99 Å². The van der Waals surface area contributed by atoms with Crippen LogP contribution in [0.4, 0.5) is 5.69 Å². The van der Waals surface area contributed by atoms with Crippen LogP contribution in [0.25, 0.3) is 0 Å². The fourth-order valence-corrected chi connectivity index (χ4v) is 1.89. The predicted molar refractivity (Wildman–Crippen MR) is 79.5 cm³/mol. The van der Waals surface area contributed by atoms with E-state index in [0.717, 1.165) is 33.9 Å². The molecule has 0 aromatic heterocycles. The topological polar surface area (TPSA) is 47.6 Å². The summed E-state index contributed by atoms with van der Waals surface area (Å²) in [5, 5.41) is 0. The van der Waals surface area contributed by atoms with E-state index in [-0.39, 0.29) is 0 Å². The highest BCUT2D eigenvalue weighted by molar-refractivity contribution is 5.63. The molecule has 2 rings (SSSR count). The zero-order valence-corrected chi connectivity index (χ0v) is 11.5. The third-order valence-electron chi connectivity index (χ3n) is 3.02. The Kier molecular flexibility index (Phi) is 3.85. The molecule has 0 radical (unpaired) electrons. The van der Waals surface area contributed by atoms with Crippen LogP contribution in [0.5, 0.6) is 11.5 Å². The Labute approximate surface area is 113 Å². The number of benzene rings is 2. The van der Waals surface area contributed by atoms with Crippen LogP contribution in [0, 0.1) is 20.8 Å². The maximum absolute atomic E-state index is 5.97. The molecule has 0 heterocycles. The number of ether oxygens (including phenoxy) is 1. The lowest BCUT2D eigenvalue weighted by Crippen LogP contribution is -1.92. The molecule has 3 heteroatoms. The molecule has 0 saturated heterocycles. The number of hydrogen-bond donors (Lipinski definition) is 1. The van der Waals surface area contributed by atoms with Crippen LogP contribution >= 0.6 is 0 Å². The Morgan fingerprint density at radius 3 is 2.37 bits per heavy atom. The second-order valence-electron chi connectivity index (χ2n) is 4.55. The summed E-state index contributed by atoms with van der Waals surface area (Å²) in [5.74, 6) is 1.72. The van der Waals surface area contributed by atoms with Crippen LogP contribution in [0.1, 0.15) is 16.7 Å². The molecule has 0 atom stereocenters. The van der Waals surface area contributed by atoms with Crippen molar-refractivity contribution in [3.63, 3.8) is 0 Å². The molecular weight excluding hydrogens is 236 g/mol. The number of nitrogens with two attached hydrogens (primary N) is 1. The van der Waals surface area contributed by atoms with Gasteiger partial charge in [0, 0.05) is 0 Å². The first-order valence-corrected chi connectivity index (χ1v) is 6.21. The first-order valence-electron chi connectivity index (χ1n) is 6.21. The molecule has 19 heavy (non-hydrogen) atoms. The number of rotatable bonds is 3. The largest absolute Gasteiger partial charge is 0.457 e.